The van der Waals surface area contributed by atoms with Crippen LogP contribution < -0.4 is 4.74 Å². The third-order valence-electron chi connectivity index (χ3n) is 2.07. The van der Waals surface area contributed by atoms with E-state index in [2.05, 4.69) is 21.0 Å². The van der Waals surface area contributed by atoms with Gasteiger partial charge in [-0.25, -0.2) is 9.48 Å². The number of fused-ring (bicyclic) bond motifs is 1. The molecule has 0 saturated carbocycles. The number of carboxylic acid groups (broad SMARTS) is 1. The number of carbonyl (C=O) groups is 1. The fourth-order valence-corrected chi connectivity index (χ4v) is 1.97. The van der Waals surface area contributed by atoms with Crippen LogP contribution in [0.15, 0.2) is 4.60 Å². The van der Waals surface area contributed by atoms with Gasteiger partial charge in [-0.3, -0.25) is 0 Å². The molecule has 0 aromatic carbocycles. The normalized spacial score (nSPS) is 20.0. The van der Waals surface area contributed by atoms with Crippen molar-refractivity contribution in [1.82, 2.24) is 9.78 Å². The van der Waals surface area contributed by atoms with E-state index in [1.54, 1.807) is 4.68 Å². The standard InChI is InChI=1S/C8H9BrN2O3/c1-4-2-11-7(14-3-4)5(8(12)13)6(9)10-11/h4H,2-3H2,1H3,(H,12,13)/t4-/m0/s1. The van der Waals surface area contributed by atoms with Crippen molar-refractivity contribution in [2.24, 2.45) is 5.92 Å². The Bertz CT molecular complexity index is 388. The van der Waals surface area contributed by atoms with Gasteiger partial charge in [-0.1, -0.05) is 6.92 Å². The summed E-state index contributed by atoms with van der Waals surface area (Å²) in [6.07, 6.45) is 0. The molecule has 0 spiro atoms. The third-order valence-corrected chi connectivity index (χ3v) is 2.62. The summed E-state index contributed by atoms with van der Waals surface area (Å²) >= 11 is 3.11. The predicted octanol–water partition coefficient (Wildman–Crippen LogP) is 1.37. The van der Waals surface area contributed by atoms with Gasteiger partial charge < -0.3 is 9.84 Å². The maximum absolute atomic E-state index is 10.9. The Balaban J connectivity index is 2.49. The van der Waals surface area contributed by atoms with E-state index in [-0.39, 0.29) is 5.56 Å². The van der Waals surface area contributed by atoms with Crippen LogP contribution in [0.1, 0.15) is 17.3 Å². The molecule has 0 unspecified atom stereocenters. The van der Waals surface area contributed by atoms with Gasteiger partial charge in [0.25, 0.3) is 0 Å². The van der Waals surface area contributed by atoms with E-state index in [0.29, 0.717) is 29.6 Å². The second-order valence-corrected chi connectivity index (χ2v) is 4.13. The maximum Gasteiger partial charge on any atom is 0.344 e. The zero-order chi connectivity index (χ0) is 10.3. The van der Waals surface area contributed by atoms with Gasteiger partial charge in [-0.05, 0) is 15.9 Å². The molecule has 2 heterocycles. The summed E-state index contributed by atoms with van der Waals surface area (Å²) in [6.45, 7) is 3.26. The van der Waals surface area contributed by atoms with E-state index in [1.165, 1.54) is 0 Å². The summed E-state index contributed by atoms with van der Waals surface area (Å²) in [5, 5.41) is 13.0. The highest BCUT2D eigenvalue weighted by atomic mass is 79.9. The number of nitrogens with zero attached hydrogens (tertiary/aromatic N) is 2. The molecule has 0 fully saturated rings. The molecule has 0 saturated heterocycles. The lowest BCUT2D eigenvalue weighted by Gasteiger charge is -2.20. The Hall–Kier alpha value is -1.04. The number of rotatable bonds is 1. The Labute approximate surface area is 88.8 Å². The van der Waals surface area contributed by atoms with Gasteiger partial charge in [0.1, 0.15) is 4.60 Å². The first kappa shape index (κ1) is 9.51. The van der Waals surface area contributed by atoms with E-state index >= 15 is 0 Å². The second-order valence-electron chi connectivity index (χ2n) is 3.37. The van der Waals surface area contributed by atoms with Crippen LogP contribution in [0.4, 0.5) is 0 Å². The number of halogens is 1. The Morgan fingerprint density at radius 3 is 3.14 bits per heavy atom. The Kier molecular flexibility index (Phi) is 2.22. The van der Waals surface area contributed by atoms with Crippen molar-refractivity contribution in [2.45, 2.75) is 13.5 Å². The summed E-state index contributed by atoms with van der Waals surface area (Å²) in [7, 11) is 0. The highest BCUT2D eigenvalue weighted by Crippen LogP contribution is 2.30. The topological polar surface area (TPSA) is 64.3 Å². The van der Waals surface area contributed by atoms with E-state index in [0.717, 1.165) is 0 Å². The Morgan fingerprint density at radius 2 is 2.50 bits per heavy atom. The molecule has 0 radical (unpaired) electrons. The molecule has 1 aromatic rings. The molecule has 6 heteroatoms. The predicted molar refractivity (Wildman–Crippen MR) is 51.5 cm³/mol. The number of hydrogen-bond acceptors (Lipinski definition) is 3. The highest BCUT2D eigenvalue weighted by molar-refractivity contribution is 9.10. The average molecular weight is 261 g/mol. The van der Waals surface area contributed by atoms with E-state index in [9.17, 15) is 4.79 Å². The van der Waals surface area contributed by atoms with E-state index in [4.69, 9.17) is 9.84 Å². The fourth-order valence-electron chi connectivity index (χ4n) is 1.44. The Morgan fingerprint density at radius 1 is 1.79 bits per heavy atom. The first-order chi connectivity index (χ1) is 6.59. The van der Waals surface area contributed by atoms with Crippen molar-refractivity contribution in [3.63, 3.8) is 0 Å². The zero-order valence-corrected chi connectivity index (χ0v) is 9.11. The second kappa shape index (κ2) is 3.27. The molecule has 76 valence electrons. The third kappa shape index (κ3) is 1.39. The molecular weight excluding hydrogens is 252 g/mol. The van der Waals surface area contributed by atoms with Gasteiger partial charge in [0.2, 0.25) is 5.88 Å². The first-order valence-corrected chi connectivity index (χ1v) is 5.01. The average Bonchev–Trinajstić information content (AvgIpc) is 2.39. The van der Waals surface area contributed by atoms with Gasteiger partial charge in [0.15, 0.2) is 5.56 Å². The van der Waals surface area contributed by atoms with Crippen molar-refractivity contribution in [3.05, 3.63) is 10.2 Å². The molecule has 0 aliphatic carbocycles. The van der Waals surface area contributed by atoms with Gasteiger partial charge in [0.05, 0.1) is 13.2 Å². The maximum atomic E-state index is 10.9. The summed E-state index contributed by atoms with van der Waals surface area (Å²) in [4.78, 5) is 10.9. The molecule has 1 aliphatic heterocycles. The number of ether oxygens (including phenoxy) is 1. The van der Waals surface area contributed by atoms with E-state index < -0.39 is 5.97 Å². The molecule has 14 heavy (non-hydrogen) atoms. The van der Waals surface area contributed by atoms with Gasteiger partial charge in [-0.2, -0.15) is 5.10 Å². The summed E-state index contributed by atoms with van der Waals surface area (Å²) in [5.74, 6) is -0.314. The molecule has 0 bridgehead atoms. The van der Waals surface area contributed by atoms with Crippen molar-refractivity contribution in [3.8, 4) is 5.88 Å². The van der Waals surface area contributed by atoms with Crippen LogP contribution in [-0.2, 0) is 6.54 Å². The quantitative estimate of drug-likeness (QED) is 0.829. The van der Waals surface area contributed by atoms with Crippen molar-refractivity contribution in [1.29, 1.82) is 0 Å². The van der Waals surface area contributed by atoms with Crippen LogP contribution in [-0.4, -0.2) is 27.5 Å². The molecule has 5 nitrogen and oxygen atoms in total. The smallest absolute Gasteiger partial charge is 0.344 e. The van der Waals surface area contributed by atoms with Crippen LogP contribution >= 0.6 is 15.9 Å². The minimum atomic E-state index is -1.02. The molecule has 1 aromatic heterocycles. The SMILES string of the molecule is C[C@@H]1COc2c(C(=O)O)c(Br)nn2C1. The van der Waals surface area contributed by atoms with Crippen LogP contribution in [0.3, 0.4) is 0 Å². The molecule has 2 rings (SSSR count). The van der Waals surface area contributed by atoms with Crippen molar-refractivity contribution in [2.75, 3.05) is 6.61 Å². The summed E-state index contributed by atoms with van der Waals surface area (Å²) < 4.78 is 7.25. The van der Waals surface area contributed by atoms with Gasteiger partial charge in [-0.15, -0.1) is 0 Å². The first-order valence-electron chi connectivity index (χ1n) is 4.22. The minimum absolute atomic E-state index is 0.108. The zero-order valence-electron chi connectivity index (χ0n) is 7.53. The number of aromatic carboxylic acids is 1. The minimum Gasteiger partial charge on any atom is -0.477 e. The largest absolute Gasteiger partial charge is 0.477 e. The highest BCUT2D eigenvalue weighted by Gasteiger charge is 2.27. The lowest BCUT2D eigenvalue weighted by atomic mass is 10.2. The monoisotopic (exact) mass is 260 g/mol. The van der Waals surface area contributed by atoms with Crippen LogP contribution in [0.2, 0.25) is 0 Å². The van der Waals surface area contributed by atoms with E-state index in [1.807, 2.05) is 6.92 Å². The van der Waals surface area contributed by atoms with Crippen LogP contribution in [0.5, 0.6) is 5.88 Å². The molecule has 1 aliphatic rings. The number of hydrogen-bond donors (Lipinski definition) is 1. The lowest BCUT2D eigenvalue weighted by Crippen LogP contribution is -2.24. The van der Waals surface area contributed by atoms with Crippen molar-refractivity contribution < 1.29 is 14.6 Å². The molecule has 1 N–H and O–H groups in total. The number of carboxylic acids is 1. The number of aromatic nitrogens is 2. The summed E-state index contributed by atoms with van der Waals surface area (Å²) in [5.41, 5.74) is 0.108. The molecule has 1 atom stereocenters. The molecule has 0 amide bonds. The lowest BCUT2D eigenvalue weighted by molar-refractivity contribution is 0.0686. The van der Waals surface area contributed by atoms with Crippen LogP contribution in [0.25, 0.3) is 0 Å². The van der Waals surface area contributed by atoms with Gasteiger partial charge >= 0.3 is 5.97 Å². The molecular formula is C8H9BrN2O3. The van der Waals surface area contributed by atoms with Crippen LogP contribution in [0, 0.1) is 5.92 Å². The summed E-state index contributed by atoms with van der Waals surface area (Å²) in [6, 6.07) is 0. The van der Waals surface area contributed by atoms with Crippen molar-refractivity contribution >= 4 is 21.9 Å². The fraction of sp³-hybridized carbons (Fsp3) is 0.500. The van der Waals surface area contributed by atoms with Gasteiger partial charge in [0, 0.05) is 5.92 Å².